The molecule has 1 spiro atoms. The molecule has 15 rings (SSSR count). The zero-order valence-corrected chi connectivity index (χ0v) is 35.0. The third-order valence-corrected chi connectivity index (χ3v) is 16.8. The van der Waals surface area contributed by atoms with Gasteiger partial charge in [0.2, 0.25) is 0 Å². The largest absolute Gasteiger partial charge is 0.0619 e. The van der Waals surface area contributed by atoms with Crippen molar-refractivity contribution in [2.75, 3.05) is 0 Å². The second-order valence-corrected chi connectivity index (χ2v) is 20.0. The van der Waals surface area contributed by atoms with Crippen molar-refractivity contribution in [2.24, 2.45) is 23.7 Å². The fraction of sp³-hybridized carbons (Fsp3) is 0.213. The first kappa shape index (κ1) is 34.5. The molecule has 0 nitrogen and oxygen atoms in total. The maximum atomic E-state index is 2.64. The highest BCUT2D eigenvalue weighted by atomic mass is 14.6. The fourth-order valence-electron chi connectivity index (χ4n) is 14.6. The van der Waals surface area contributed by atoms with Crippen molar-refractivity contribution < 1.29 is 0 Å². The Hall–Kier alpha value is -6.24. The number of benzene rings is 9. The highest BCUT2D eigenvalue weighted by Crippen LogP contribution is 2.70. The molecule has 0 heteroatoms. The van der Waals surface area contributed by atoms with E-state index in [1.54, 1.807) is 11.1 Å². The minimum atomic E-state index is -0.0214. The molecule has 0 radical (unpaired) electrons. The molecule has 4 saturated carbocycles. The summed E-state index contributed by atoms with van der Waals surface area (Å²) in [5, 5.41) is 8.05. The van der Waals surface area contributed by atoms with E-state index in [2.05, 4.69) is 184 Å². The fourth-order valence-corrected chi connectivity index (χ4v) is 14.6. The lowest BCUT2D eigenvalue weighted by Gasteiger charge is -2.61. The van der Waals surface area contributed by atoms with Gasteiger partial charge in [-0.15, -0.1) is 0 Å². The van der Waals surface area contributed by atoms with Crippen molar-refractivity contribution >= 4 is 32.3 Å². The summed E-state index contributed by atoms with van der Waals surface area (Å²) < 4.78 is 0. The molecule has 61 heavy (non-hydrogen) atoms. The molecule has 0 heterocycles. The summed E-state index contributed by atoms with van der Waals surface area (Å²) in [7, 11) is 0. The molecule has 4 bridgehead atoms. The first-order valence-electron chi connectivity index (χ1n) is 22.9. The topological polar surface area (TPSA) is 0 Å². The van der Waals surface area contributed by atoms with Crippen LogP contribution in [0.1, 0.15) is 68.2 Å². The summed E-state index contributed by atoms with van der Waals surface area (Å²) in [5.74, 6) is 3.27. The number of hydrogen-bond acceptors (Lipinski definition) is 0. The first-order valence-corrected chi connectivity index (χ1v) is 22.9. The Bertz CT molecular complexity index is 3250. The summed E-state index contributed by atoms with van der Waals surface area (Å²) in [6.45, 7) is 4.74. The lowest BCUT2D eigenvalue weighted by molar-refractivity contribution is -0.0398. The van der Waals surface area contributed by atoms with E-state index in [1.165, 1.54) is 131 Å². The summed E-state index contributed by atoms with van der Waals surface area (Å²) in [6, 6.07) is 65.8. The van der Waals surface area contributed by atoms with Crippen LogP contribution in [0.25, 0.3) is 88.0 Å². The Morgan fingerprint density at radius 2 is 0.869 bits per heavy atom. The van der Waals surface area contributed by atoms with Gasteiger partial charge in [0.1, 0.15) is 0 Å². The van der Waals surface area contributed by atoms with Crippen LogP contribution in [-0.4, -0.2) is 0 Å². The SMILES string of the molecule is CC1(C)c2ccccc2-c2ccc(-c3ccc(-c4c5ccccc5c(-c5cccc6c5-c5cc7ccccc7cc5C65C6CC7CC(C6)CC5C7)c5ccccc45)cc3)cc21. The van der Waals surface area contributed by atoms with Gasteiger partial charge in [-0.25, -0.2) is 0 Å². The predicted molar refractivity (Wildman–Crippen MR) is 256 cm³/mol. The molecule has 9 aromatic carbocycles. The highest BCUT2D eigenvalue weighted by molar-refractivity contribution is 6.23. The Balaban J connectivity index is 0.962. The van der Waals surface area contributed by atoms with E-state index < -0.39 is 0 Å². The van der Waals surface area contributed by atoms with Crippen LogP contribution in [0.15, 0.2) is 170 Å². The van der Waals surface area contributed by atoms with E-state index in [0.29, 0.717) is 0 Å². The molecule has 6 aliphatic rings. The van der Waals surface area contributed by atoms with Gasteiger partial charge in [0, 0.05) is 10.8 Å². The van der Waals surface area contributed by atoms with E-state index in [0.717, 1.165) is 23.7 Å². The molecular formula is C61H48. The van der Waals surface area contributed by atoms with E-state index in [4.69, 9.17) is 0 Å². The van der Waals surface area contributed by atoms with Gasteiger partial charge in [-0.05, 0) is 184 Å². The van der Waals surface area contributed by atoms with Crippen LogP contribution in [0, 0.1) is 23.7 Å². The molecular weight excluding hydrogens is 733 g/mol. The highest BCUT2D eigenvalue weighted by Gasteiger charge is 2.62. The molecule has 9 aromatic rings. The van der Waals surface area contributed by atoms with Gasteiger partial charge in [0.05, 0.1) is 0 Å². The van der Waals surface area contributed by atoms with Gasteiger partial charge in [-0.2, -0.15) is 0 Å². The summed E-state index contributed by atoms with van der Waals surface area (Å²) in [6.07, 6.45) is 7.03. The quantitative estimate of drug-likeness (QED) is 0.157. The van der Waals surface area contributed by atoms with Crippen LogP contribution in [0.4, 0.5) is 0 Å². The Morgan fingerprint density at radius 3 is 1.56 bits per heavy atom. The lowest BCUT2D eigenvalue weighted by Crippen LogP contribution is -2.55. The average molecular weight is 781 g/mol. The van der Waals surface area contributed by atoms with Gasteiger partial charge in [-0.3, -0.25) is 0 Å². The van der Waals surface area contributed by atoms with Crippen molar-refractivity contribution in [3.63, 3.8) is 0 Å². The smallest absolute Gasteiger partial charge is 0.0272 e. The minimum absolute atomic E-state index is 0.0214. The number of fused-ring (bicyclic) bond motifs is 9. The van der Waals surface area contributed by atoms with Crippen molar-refractivity contribution in [1.29, 1.82) is 0 Å². The molecule has 0 aromatic heterocycles. The van der Waals surface area contributed by atoms with Crippen LogP contribution in [0.3, 0.4) is 0 Å². The summed E-state index contributed by atoms with van der Waals surface area (Å²) in [5.41, 5.74) is 19.8. The van der Waals surface area contributed by atoms with E-state index >= 15 is 0 Å². The van der Waals surface area contributed by atoms with Crippen LogP contribution < -0.4 is 0 Å². The van der Waals surface area contributed by atoms with Crippen molar-refractivity contribution in [3.8, 4) is 55.6 Å². The third kappa shape index (κ3) is 4.51. The molecule has 0 N–H and O–H groups in total. The molecule has 0 amide bonds. The van der Waals surface area contributed by atoms with E-state index in [1.807, 2.05) is 0 Å². The van der Waals surface area contributed by atoms with Crippen molar-refractivity contribution in [1.82, 2.24) is 0 Å². The monoisotopic (exact) mass is 780 g/mol. The zero-order chi connectivity index (χ0) is 40.2. The normalized spacial score (nSPS) is 23.4. The minimum Gasteiger partial charge on any atom is -0.0619 e. The van der Waals surface area contributed by atoms with Gasteiger partial charge in [0.25, 0.3) is 0 Å². The Morgan fingerprint density at radius 1 is 0.344 bits per heavy atom. The second kappa shape index (κ2) is 12.2. The Labute approximate surface area is 358 Å². The first-order chi connectivity index (χ1) is 30.0. The maximum absolute atomic E-state index is 2.64. The lowest BCUT2D eigenvalue weighted by atomic mass is 9.43. The Kier molecular flexibility index (Phi) is 6.89. The third-order valence-electron chi connectivity index (χ3n) is 16.8. The van der Waals surface area contributed by atoms with Gasteiger partial charge >= 0.3 is 0 Å². The van der Waals surface area contributed by atoms with Crippen LogP contribution >= 0.6 is 0 Å². The van der Waals surface area contributed by atoms with Gasteiger partial charge < -0.3 is 0 Å². The summed E-state index contributed by atoms with van der Waals surface area (Å²) in [4.78, 5) is 0. The van der Waals surface area contributed by atoms with Crippen molar-refractivity contribution in [3.05, 3.63) is 192 Å². The maximum Gasteiger partial charge on any atom is 0.0272 e. The van der Waals surface area contributed by atoms with Crippen LogP contribution in [0.2, 0.25) is 0 Å². The van der Waals surface area contributed by atoms with Crippen LogP contribution in [0.5, 0.6) is 0 Å². The number of hydrogen-bond donors (Lipinski definition) is 0. The second-order valence-electron chi connectivity index (χ2n) is 20.0. The average Bonchev–Trinajstić information content (AvgIpc) is 3.71. The molecule has 292 valence electrons. The van der Waals surface area contributed by atoms with Gasteiger partial charge in [-0.1, -0.05) is 166 Å². The number of rotatable bonds is 3. The van der Waals surface area contributed by atoms with Gasteiger partial charge in [0.15, 0.2) is 0 Å². The molecule has 0 saturated heterocycles. The molecule has 0 aliphatic heterocycles. The molecule has 0 atom stereocenters. The van der Waals surface area contributed by atoms with Crippen LogP contribution in [-0.2, 0) is 10.8 Å². The molecule has 4 fully saturated rings. The molecule has 0 unspecified atom stereocenters. The van der Waals surface area contributed by atoms with Crippen molar-refractivity contribution in [2.45, 2.75) is 56.8 Å². The summed E-state index contributed by atoms with van der Waals surface area (Å²) >= 11 is 0. The molecule has 6 aliphatic carbocycles. The standard InChI is InChI=1S/C61H48/c1-60(2)53-20-10-9-14-45(53)46-27-26-42(34-55(46)60)38-22-24-39(25-23-38)57-47-15-5-7-17-49(47)58(50-18-8-6-16-48(50)57)51-19-11-21-54-59(51)52-33-40-12-3-4-13-41(40)35-56(52)61(54)43-29-36-28-37(31-43)32-44(61)30-36/h3-27,33-37,43-44H,28-32H2,1-2H3. The predicted octanol–water partition coefficient (Wildman–Crippen LogP) is 16.2. The zero-order valence-electron chi connectivity index (χ0n) is 35.0. The van der Waals surface area contributed by atoms with E-state index in [-0.39, 0.29) is 10.8 Å². The van der Waals surface area contributed by atoms with E-state index in [9.17, 15) is 0 Å².